The number of hydrogen-bond acceptors (Lipinski definition) is 9. The molecule has 2 heterocycles. The fourth-order valence-electron chi connectivity index (χ4n) is 4.97. The van der Waals surface area contributed by atoms with Gasteiger partial charge in [-0.15, -0.1) is 0 Å². The smallest absolute Gasteiger partial charge is 0.329 e. The summed E-state index contributed by atoms with van der Waals surface area (Å²) in [6.45, 7) is 17.1. The van der Waals surface area contributed by atoms with Crippen molar-refractivity contribution in [2.24, 2.45) is 11.8 Å². The van der Waals surface area contributed by atoms with E-state index in [-0.39, 0.29) is 30.1 Å². The van der Waals surface area contributed by atoms with E-state index < -0.39 is 18.1 Å². The summed E-state index contributed by atoms with van der Waals surface area (Å²) in [6.07, 6.45) is 8.18. The molecule has 0 amide bonds. The third-order valence-electron chi connectivity index (χ3n) is 7.75. The highest BCUT2D eigenvalue weighted by Crippen LogP contribution is 2.21. The van der Waals surface area contributed by atoms with Gasteiger partial charge in [-0.2, -0.15) is 0 Å². The summed E-state index contributed by atoms with van der Waals surface area (Å²) >= 11 is 0. The van der Waals surface area contributed by atoms with Gasteiger partial charge < -0.3 is 33.6 Å². The molecule has 1 N–H and O–H groups in total. The monoisotopic (exact) mass is 688 g/mol. The molecule has 2 rings (SSSR count). The minimum absolute atomic E-state index is 0.136. The number of aryl methyl sites for hydroxylation is 2. The summed E-state index contributed by atoms with van der Waals surface area (Å²) in [4.78, 5) is 62.2. The molecule has 2 unspecified atom stereocenters. The van der Waals surface area contributed by atoms with Crippen molar-refractivity contribution < 1.29 is 23.9 Å². The molecule has 0 radical (unpaired) electrons. The van der Waals surface area contributed by atoms with E-state index in [1.165, 1.54) is 10.6 Å². The van der Waals surface area contributed by atoms with Crippen LogP contribution in [0, 0.1) is 25.7 Å². The molecule has 0 bridgehead atoms. The van der Waals surface area contributed by atoms with Crippen LogP contribution >= 0.6 is 0 Å². The Labute approximate surface area is 294 Å². The Morgan fingerprint density at radius 3 is 1.51 bits per heavy atom. The summed E-state index contributed by atoms with van der Waals surface area (Å²) in [6, 6.07) is 1.92. The first-order valence-corrected chi connectivity index (χ1v) is 17.5. The predicted octanol–water partition coefficient (Wildman–Crippen LogP) is 5.08. The molecule has 2 atom stereocenters. The van der Waals surface area contributed by atoms with Crippen LogP contribution in [0.3, 0.4) is 0 Å². The van der Waals surface area contributed by atoms with Gasteiger partial charge >= 0.3 is 11.9 Å². The second-order valence-electron chi connectivity index (χ2n) is 13.4. The van der Waals surface area contributed by atoms with Gasteiger partial charge in [0, 0.05) is 37.5 Å². The average Bonchev–Trinajstić information content (AvgIpc) is 3.00. The number of pyridine rings is 2. The molecule has 278 valence electrons. The highest BCUT2D eigenvalue weighted by atomic mass is 16.5. The quantitative estimate of drug-likeness (QED) is 0.179. The van der Waals surface area contributed by atoms with Gasteiger partial charge in [0.2, 0.25) is 0 Å². The van der Waals surface area contributed by atoms with Crippen LogP contribution in [0.25, 0.3) is 0 Å². The lowest BCUT2D eigenvalue weighted by molar-refractivity contribution is -0.148. The van der Waals surface area contributed by atoms with Crippen molar-refractivity contribution in [3.05, 3.63) is 67.5 Å². The van der Waals surface area contributed by atoms with Crippen LogP contribution < -0.4 is 16.4 Å². The zero-order valence-corrected chi connectivity index (χ0v) is 32.3. The number of esters is 2. The van der Waals surface area contributed by atoms with Crippen LogP contribution in [0.1, 0.15) is 102 Å². The Bertz CT molecular complexity index is 1400. The zero-order valence-electron chi connectivity index (χ0n) is 32.3. The number of likely N-dealkylation sites (N-methyl/N-ethyl adjacent to an activating group) is 1. The number of rotatable bonds is 17. The Balaban J connectivity index is 0.000000873. The number of aromatic nitrogens is 2. The van der Waals surface area contributed by atoms with E-state index in [9.17, 15) is 24.0 Å². The molecule has 0 aliphatic heterocycles. The van der Waals surface area contributed by atoms with Crippen LogP contribution in [-0.4, -0.2) is 80.2 Å². The van der Waals surface area contributed by atoms with Crippen molar-refractivity contribution in [2.75, 3.05) is 47.9 Å². The molecule has 0 saturated heterocycles. The molecular weight excluding hydrogens is 624 g/mol. The molecular formula is C38H64N4O7. The number of aldehydes is 1. The first-order valence-electron chi connectivity index (χ1n) is 17.5. The molecule has 0 aliphatic carbocycles. The Morgan fingerprint density at radius 2 is 1.16 bits per heavy atom. The largest absolute Gasteiger partial charge is 0.464 e. The molecule has 11 nitrogen and oxygen atoms in total. The summed E-state index contributed by atoms with van der Waals surface area (Å²) in [7, 11) is 7.80. The lowest BCUT2D eigenvalue weighted by Gasteiger charge is -2.21. The van der Waals surface area contributed by atoms with Crippen molar-refractivity contribution in [1.82, 2.24) is 19.4 Å². The van der Waals surface area contributed by atoms with Crippen LogP contribution in [0.5, 0.6) is 0 Å². The molecule has 0 aliphatic rings. The van der Waals surface area contributed by atoms with Crippen LogP contribution in [0.2, 0.25) is 0 Å². The van der Waals surface area contributed by atoms with Gasteiger partial charge in [0.25, 0.3) is 11.1 Å². The summed E-state index contributed by atoms with van der Waals surface area (Å²) < 4.78 is 13.3. The second kappa shape index (κ2) is 24.5. The lowest BCUT2D eigenvalue weighted by atomic mass is 10.0. The van der Waals surface area contributed by atoms with E-state index in [2.05, 4.69) is 37.9 Å². The predicted molar refractivity (Wildman–Crippen MR) is 197 cm³/mol. The van der Waals surface area contributed by atoms with Gasteiger partial charge in [0.1, 0.15) is 18.4 Å². The maximum absolute atomic E-state index is 12.5. The minimum Gasteiger partial charge on any atom is -0.464 e. The topological polar surface area (TPSA) is 129 Å². The van der Waals surface area contributed by atoms with E-state index in [0.717, 1.165) is 54.3 Å². The fourth-order valence-corrected chi connectivity index (χ4v) is 4.97. The SMILES string of the molecule is CCOC(=O)C(CCC(C)C)n1cc(CC=O)c(C)cc1=O.CCOC(=O)C(CCC(C)C)n1cc(CCN(C)C)c(C)cc1=O.CNC. The van der Waals surface area contributed by atoms with Gasteiger partial charge in [0.15, 0.2) is 0 Å². The average molecular weight is 689 g/mol. The van der Waals surface area contributed by atoms with Crippen LogP contribution in [-0.2, 0) is 36.7 Å². The molecule has 2 aromatic rings. The van der Waals surface area contributed by atoms with E-state index >= 15 is 0 Å². The molecule has 0 saturated carbocycles. The van der Waals surface area contributed by atoms with E-state index in [0.29, 0.717) is 31.3 Å². The van der Waals surface area contributed by atoms with E-state index in [4.69, 9.17) is 9.47 Å². The maximum Gasteiger partial charge on any atom is 0.329 e. The van der Waals surface area contributed by atoms with Crippen molar-refractivity contribution in [2.45, 2.75) is 106 Å². The highest BCUT2D eigenvalue weighted by Gasteiger charge is 2.25. The number of nitrogens with one attached hydrogen (secondary N) is 1. The third-order valence-corrected chi connectivity index (χ3v) is 7.75. The number of hydrogen-bond donors (Lipinski definition) is 1. The molecule has 49 heavy (non-hydrogen) atoms. The lowest BCUT2D eigenvalue weighted by Crippen LogP contribution is -2.32. The normalized spacial score (nSPS) is 12.1. The molecule has 11 heteroatoms. The van der Waals surface area contributed by atoms with Crippen molar-refractivity contribution >= 4 is 18.2 Å². The number of carbonyl (C=O) groups excluding carboxylic acids is 3. The van der Waals surface area contributed by atoms with Gasteiger partial charge in [-0.05, 0) is 122 Å². The van der Waals surface area contributed by atoms with Crippen LogP contribution in [0.4, 0.5) is 0 Å². The van der Waals surface area contributed by atoms with Crippen LogP contribution in [0.15, 0.2) is 34.1 Å². The minimum atomic E-state index is -0.638. The highest BCUT2D eigenvalue weighted by molar-refractivity contribution is 5.74. The van der Waals surface area contributed by atoms with Crippen molar-refractivity contribution in [3.63, 3.8) is 0 Å². The van der Waals surface area contributed by atoms with Gasteiger partial charge in [-0.3, -0.25) is 9.59 Å². The second-order valence-corrected chi connectivity index (χ2v) is 13.4. The Hall–Kier alpha value is -3.57. The Kier molecular flexibility index (Phi) is 22.8. The number of nitrogens with zero attached hydrogens (tertiary/aromatic N) is 3. The molecule has 0 fully saturated rings. The fraction of sp³-hybridized carbons (Fsp3) is 0.658. The summed E-state index contributed by atoms with van der Waals surface area (Å²) in [5.74, 6) is 0.178. The summed E-state index contributed by atoms with van der Waals surface area (Å²) in [5, 5.41) is 2.75. The molecule has 0 spiro atoms. The van der Waals surface area contributed by atoms with Gasteiger partial charge in [0.05, 0.1) is 13.2 Å². The standard InChI is InChI=1S/C19H32N2O3.C17H25NO4.C2H7N/c1-7-24-19(23)17(9-8-14(2)3)21-13-16(10-11-20(5)6)15(4)12-18(21)22;1-5-22-17(21)15(7-6-12(2)3)18-11-14(8-9-19)13(4)10-16(18)20;1-3-2/h12-14,17H,7-11H2,1-6H3;9-12,15H,5-8H2,1-4H3;3H,1-2H3. The van der Waals surface area contributed by atoms with Crippen molar-refractivity contribution in [3.8, 4) is 0 Å². The Morgan fingerprint density at radius 1 is 0.776 bits per heavy atom. The maximum atomic E-state index is 12.5. The van der Waals surface area contributed by atoms with Gasteiger partial charge in [-0.25, -0.2) is 9.59 Å². The molecule has 0 aromatic carbocycles. The molecule has 2 aromatic heterocycles. The number of ether oxygens (including phenoxy) is 2. The van der Waals surface area contributed by atoms with E-state index in [1.54, 1.807) is 37.6 Å². The third kappa shape index (κ3) is 17.1. The summed E-state index contributed by atoms with van der Waals surface area (Å²) in [5.41, 5.74) is 3.22. The van der Waals surface area contributed by atoms with Gasteiger partial charge in [-0.1, -0.05) is 27.7 Å². The first-order chi connectivity index (χ1) is 23.1. The first kappa shape index (κ1) is 45.4. The number of carbonyl (C=O) groups is 3. The van der Waals surface area contributed by atoms with E-state index in [1.807, 2.05) is 41.3 Å². The van der Waals surface area contributed by atoms with Crippen molar-refractivity contribution in [1.29, 1.82) is 0 Å². The zero-order chi connectivity index (χ0) is 37.7.